The first-order valence-electron chi connectivity index (χ1n) is 11.0. The van der Waals surface area contributed by atoms with Gasteiger partial charge in [-0.15, -0.1) is 0 Å². The zero-order valence-electron chi connectivity index (χ0n) is 19.4. The van der Waals surface area contributed by atoms with E-state index in [2.05, 4.69) is 19.7 Å². The highest BCUT2D eigenvalue weighted by molar-refractivity contribution is 7.92. The van der Waals surface area contributed by atoms with Gasteiger partial charge in [0.05, 0.1) is 25.4 Å². The number of aliphatic imine (C=N–C) groups is 1. The molecule has 7 nitrogen and oxygen atoms in total. The summed E-state index contributed by atoms with van der Waals surface area (Å²) in [7, 11) is -3.14. The van der Waals surface area contributed by atoms with Gasteiger partial charge in [0, 0.05) is 41.4 Å². The molecular formula is C26H19F3N4O3S. The van der Waals surface area contributed by atoms with E-state index < -0.39 is 32.4 Å². The highest BCUT2D eigenvalue weighted by Gasteiger charge is 2.22. The number of halogens is 3. The SMILES string of the molecule is COc1ncc(-c2ccc3ncc(F)c(C4=CCN=CC4)c3c2)cc1NS(=O)(=O)c1ccc(F)cc1F. The van der Waals surface area contributed by atoms with Crippen LogP contribution in [0, 0.1) is 17.5 Å². The highest BCUT2D eigenvalue weighted by atomic mass is 32.2. The minimum atomic E-state index is -4.44. The van der Waals surface area contributed by atoms with E-state index >= 15 is 0 Å². The van der Waals surface area contributed by atoms with Gasteiger partial charge in [0.1, 0.15) is 28.0 Å². The van der Waals surface area contributed by atoms with Gasteiger partial charge >= 0.3 is 0 Å². The molecule has 5 rings (SSSR count). The van der Waals surface area contributed by atoms with Crippen molar-refractivity contribution < 1.29 is 26.3 Å². The third kappa shape index (κ3) is 4.77. The molecule has 0 saturated carbocycles. The fourth-order valence-corrected chi connectivity index (χ4v) is 5.21. The Kier molecular flexibility index (Phi) is 6.38. The molecule has 1 aliphatic heterocycles. The Morgan fingerprint density at radius 3 is 2.51 bits per heavy atom. The van der Waals surface area contributed by atoms with Gasteiger partial charge in [0.25, 0.3) is 10.0 Å². The van der Waals surface area contributed by atoms with Crippen molar-refractivity contribution in [2.75, 3.05) is 18.4 Å². The van der Waals surface area contributed by atoms with Gasteiger partial charge in [-0.25, -0.2) is 26.6 Å². The molecule has 0 fully saturated rings. The number of hydrogen-bond donors (Lipinski definition) is 1. The first kappa shape index (κ1) is 24.4. The maximum atomic E-state index is 14.9. The summed E-state index contributed by atoms with van der Waals surface area (Å²) in [5.41, 5.74) is 2.82. The molecule has 37 heavy (non-hydrogen) atoms. The second-order valence-corrected chi connectivity index (χ2v) is 9.81. The van der Waals surface area contributed by atoms with Gasteiger partial charge in [0.2, 0.25) is 5.88 Å². The molecule has 0 amide bonds. The number of pyridine rings is 2. The molecule has 188 valence electrons. The van der Waals surface area contributed by atoms with E-state index in [4.69, 9.17) is 4.74 Å². The number of hydrogen-bond acceptors (Lipinski definition) is 6. The van der Waals surface area contributed by atoms with Crippen molar-refractivity contribution >= 4 is 38.4 Å². The maximum Gasteiger partial charge on any atom is 0.264 e. The fraction of sp³-hybridized carbons (Fsp3) is 0.115. The number of nitrogens with zero attached hydrogens (tertiary/aromatic N) is 3. The Morgan fingerprint density at radius 1 is 0.946 bits per heavy atom. The maximum absolute atomic E-state index is 14.9. The van der Waals surface area contributed by atoms with Crippen LogP contribution in [0.5, 0.6) is 5.88 Å². The fourth-order valence-electron chi connectivity index (χ4n) is 4.10. The topological polar surface area (TPSA) is 93.5 Å². The third-order valence-corrected chi connectivity index (χ3v) is 7.23. The number of rotatable bonds is 6. The van der Waals surface area contributed by atoms with E-state index in [0.717, 1.165) is 17.7 Å². The summed E-state index contributed by atoms with van der Waals surface area (Å²) in [4.78, 5) is 11.8. The Balaban J connectivity index is 1.58. The number of benzene rings is 2. The van der Waals surface area contributed by atoms with Crippen LogP contribution >= 0.6 is 0 Å². The molecule has 1 N–H and O–H groups in total. The normalized spacial score (nSPS) is 13.5. The molecule has 3 heterocycles. The molecule has 0 radical (unpaired) electrons. The van der Waals surface area contributed by atoms with Crippen LogP contribution in [-0.4, -0.2) is 38.3 Å². The molecule has 0 saturated heterocycles. The molecule has 0 unspecified atom stereocenters. The second kappa shape index (κ2) is 9.66. The van der Waals surface area contributed by atoms with Crippen molar-refractivity contribution in [3.63, 3.8) is 0 Å². The van der Waals surface area contributed by atoms with Gasteiger partial charge in [-0.05, 0) is 41.5 Å². The van der Waals surface area contributed by atoms with E-state index in [-0.39, 0.29) is 11.6 Å². The van der Waals surface area contributed by atoms with Gasteiger partial charge in [-0.2, -0.15) is 0 Å². The average molecular weight is 525 g/mol. The second-order valence-electron chi connectivity index (χ2n) is 8.16. The Hall–Kier alpha value is -4.25. The smallest absolute Gasteiger partial charge is 0.264 e. The minimum Gasteiger partial charge on any atom is -0.480 e. The summed E-state index contributed by atoms with van der Waals surface area (Å²) < 4.78 is 75.5. The zero-order chi connectivity index (χ0) is 26.2. The lowest BCUT2D eigenvalue weighted by atomic mass is 9.95. The summed E-state index contributed by atoms with van der Waals surface area (Å²) in [5.74, 6) is -2.67. The molecule has 0 spiro atoms. The molecule has 2 aromatic heterocycles. The lowest BCUT2D eigenvalue weighted by Gasteiger charge is -2.15. The largest absolute Gasteiger partial charge is 0.480 e. The van der Waals surface area contributed by atoms with Crippen LogP contribution in [0.1, 0.15) is 12.0 Å². The molecular weight excluding hydrogens is 505 g/mol. The van der Waals surface area contributed by atoms with Gasteiger partial charge in [-0.1, -0.05) is 12.1 Å². The van der Waals surface area contributed by atoms with Crippen LogP contribution in [0.15, 0.2) is 70.8 Å². The number of dihydropyridines is 1. The van der Waals surface area contributed by atoms with Crippen molar-refractivity contribution in [1.29, 1.82) is 0 Å². The Morgan fingerprint density at radius 2 is 1.78 bits per heavy atom. The van der Waals surface area contributed by atoms with Crippen molar-refractivity contribution in [3.8, 4) is 17.0 Å². The number of ether oxygens (including phenoxy) is 1. The lowest BCUT2D eigenvalue weighted by Crippen LogP contribution is -2.15. The summed E-state index contributed by atoms with van der Waals surface area (Å²) >= 11 is 0. The number of nitrogens with one attached hydrogen (secondary N) is 1. The predicted molar refractivity (Wildman–Crippen MR) is 135 cm³/mol. The van der Waals surface area contributed by atoms with E-state index in [9.17, 15) is 21.6 Å². The summed E-state index contributed by atoms with van der Waals surface area (Å²) in [5, 5.41) is 0.574. The van der Waals surface area contributed by atoms with Crippen LogP contribution in [0.3, 0.4) is 0 Å². The van der Waals surface area contributed by atoms with Crippen LogP contribution in [0.4, 0.5) is 18.9 Å². The number of sulfonamides is 1. The van der Waals surface area contributed by atoms with Crippen LogP contribution in [0.2, 0.25) is 0 Å². The Bertz CT molecular complexity index is 1710. The predicted octanol–water partition coefficient (Wildman–Crippen LogP) is 5.38. The number of fused-ring (bicyclic) bond motifs is 1. The summed E-state index contributed by atoms with van der Waals surface area (Å²) in [6.45, 7) is 0.457. The van der Waals surface area contributed by atoms with E-state index in [1.807, 2.05) is 6.08 Å². The number of methoxy groups -OCH3 is 1. The molecule has 4 aromatic rings. The number of aromatic nitrogens is 2. The molecule has 1 aliphatic rings. The first-order chi connectivity index (χ1) is 17.8. The van der Waals surface area contributed by atoms with Crippen molar-refractivity contribution in [3.05, 3.63) is 83.9 Å². The van der Waals surface area contributed by atoms with Gasteiger partial charge < -0.3 is 4.74 Å². The minimum absolute atomic E-state index is 0.0596. The van der Waals surface area contributed by atoms with E-state index in [1.54, 1.807) is 24.4 Å². The molecule has 0 aliphatic carbocycles. The van der Waals surface area contributed by atoms with E-state index in [1.165, 1.54) is 25.6 Å². The average Bonchev–Trinajstić information content (AvgIpc) is 2.88. The van der Waals surface area contributed by atoms with Crippen LogP contribution < -0.4 is 9.46 Å². The summed E-state index contributed by atoms with van der Waals surface area (Å²) in [6, 6.07) is 8.83. The van der Waals surface area contributed by atoms with Crippen molar-refractivity contribution in [1.82, 2.24) is 9.97 Å². The van der Waals surface area contributed by atoms with Crippen molar-refractivity contribution in [2.45, 2.75) is 11.3 Å². The molecule has 0 atom stereocenters. The van der Waals surface area contributed by atoms with Crippen molar-refractivity contribution in [2.24, 2.45) is 4.99 Å². The highest BCUT2D eigenvalue weighted by Crippen LogP contribution is 2.35. The third-order valence-electron chi connectivity index (χ3n) is 5.83. The van der Waals surface area contributed by atoms with Crippen LogP contribution in [-0.2, 0) is 10.0 Å². The van der Waals surface area contributed by atoms with E-state index in [0.29, 0.717) is 46.6 Å². The number of allylic oxidation sites excluding steroid dienone is 1. The Labute approximate surface area is 210 Å². The standard InChI is InChI=1S/C26H19F3N4O3S/c1-36-26-23(33-37(34,35)24-5-3-18(27)12-20(24)28)11-17(13-32-26)16-2-4-22-19(10-16)25(21(29)14-31-22)15-6-8-30-9-7-15/h2-6,9-14,33H,7-8H2,1H3. The first-order valence-corrected chi connectivity index (χ1v) is 12.5. The molecule has 11 heteroatoms. The van der Waals surface area contributed by atoms with Gasteiger partial charge in [-0.3, -0.25) is 14.7 Å². The lowest BCUT2D eigenvalue weighted by molar-refractivity contribution is 0.400. The summed E-state index contributed by atoms with van der Waals surface area (Å²) in [6.07, 6.45) is 6.73. The molecule has 0 bridgehead atoms. The quantitative estimate of drug-likeness (QED) is 0.366. The van der Waals surface area contributed by atoms with Crippen LogP contribution in [0.25, 0.3) is 27.6 Å². The zero-order valence-corrected chi connectivity index (χ0v) is 20.2. The number of anilines is 1. The molecule has 2 aromatic carbocycles. The monoisotopic (exact) mass is 524 g/mol. The van der Waals surface area contributed by atoms with Gasteiger partial charge in [0.15, 0.2) is 0 Å².